The fourth-order valence-corrected chi connectivity index (χ4v) is 4.12. The number of amides is 1. The highest BCUT2D eigenvalue weighted by atomic mass is 16.5. The Morgan fingerprint density at radius 2 is 2.17 bits per heavy atom. The number of anilines is 1. The second-order valence-corrected chi connectivity index (χ2v) is 7.77. The fourth-order valence-electron chi connectivity index (χ4n) is 4.12. The van der Waals surface area contributed by atoms with Gasteiger partial charge in [0.05, 0.1) is 23.6 Å². The molecule has 0 aromatic heterocycles. The summed E-state index contributed by atoms with van der Waals surface area (Å²) >= 11 is 0. The molecule has 4 nitrogen and oxygen atoms in total. The van der Waals surface area contributed by atoms with Gasteiger partial charge in [0.2, 0.25) is 0 Å². The molecule has 154 valence electrons. The molecule has 0 fully saturated rings. The van der Waals surface area contributed by atoms with Gasteiger partial charge >= 0.3 is 0 Å². The number of ether oxygens (including phenoxy) is 1. The van der Waals surface area contributed by atoms with Gasteiger partial charge in [0, 0.05) is 6.42 Å². The lowest BCUT2D eigenvalue weighted by Gasteiger charge is -2.23. The van der Waals surface area contributed by atoms with Crippen LogP contribution in [0.5, 0.6) is 0 Å². The summed E-state index contributed by atoms with van der Waals surface area (Å²) < 4.78 is 5.99. The van der Waals surface area contributed by atoms with Crippen molar-refractivity contribution in [1.82, 2.24) is 0 Å². The number of allylic oxidation sites excluding steroid dienone is 6. The number of nitrogens with two attached hydrogens (primary N) is 1. The molecule has 1 heterocycles. The Morgan fingerprint density at radius 1 is 1.34 bits per heavy atom. The molecule has 1 aromatic rings. The maximum absolute atomic E-state index is 12.1. The molecule has 0 saturated carbocycles. The van der Waals surface area contributed by atoms with Crippen LogP contribution in [0, 0.1) is 0 Å². The van der Waals surface area contributed by atoms with E-state index >= 15 is 0 Å². The topological polar surface area (TPSA) is 64.3 Å². The first kappa shape index (κ1) is 21.0. The Labute approximate surface area is 174 Å². The van der Waals surface area contributed by atoms with E-state index in [1.807, 2.05) is 12.1 Å². The first-order valence-electron chi connectivity index (χ1n) is 10.6. The number of carbonyl (C=O) groups excluding carboxylic acids is 1. The lowest BCUT2D eigenvalue weighted by atomic mass is 9.85. The molecule has 4 heteroatoms. The van der Waals surface area contributed by atoms with Crippen LogP contribution < -0.4 is 11.1 Å². The normalized spacial score (nSPS) is 20.7. The van der Waals surface area contributed by atoms with Gasteiger partial charge in [-0.05, 0) is 78.6 Å². The van der Waals surface area contributed by atoms with Crippen LogP contribution in [0.25, 0.3) is 5.57 Å². The highest BCUT2D eigenvalue weighted by Gasteiger charge is 2.22. The number of benzene rings is 1. The molecule has 0 bridgehead atoms. The number of carbonyl (C=O) groups is 1. The monoisotopic (exact) mass is 392 g/mol. The van der Waals surface area contributed by atoms with Crippen LogP contribution in [-0.4, -0.2) is 12.5 Å². The molecule has 1 amide bonds. The van der Waals surface area contributed by atoms with Crippen LogP contribution in [0.2, 0.25) is 0 Å². The van der Waals surface area contributed by atoms with Crippen molar-refractivity contribution >= 4 is 17.2 Å². The second kappa shape index (κ2) is 9.64. The van der Waals surface area contributed by atoms with Gasteiger partial charge in [-0.25, -0.2) is 0 Å². The van der Waals surface area contributed by atoms with Crippen LogP contribution in [0.4, 0.5) is 5.69 Å². The van der Waals surface area contributed by atoms with Gasteiger partial charge in [-0.2, -0.15) is 0 Å². The van der Waals surface area contributed by atoms with E-state index < -0.39 is 5.91 Å². The number of rotatable bonds is 6. The Morgan fingerprint density at radius 3 is 2.90 bits per heavy atom. The first-order chi connectivity index (χ1) is 14.1. The molecule has 1 aliphatic carbocycles. The minimum atomic E-state index is -0.435. The zero-order valence-electron chi connectivity index (χ0n) is 17.6. The average Bonchev–Trinajstić information content (AvgIpc) is 2.83. The molecule has 3 N–H and O–H groups in total. The quantitative estimate of drug-likeness (QED) is 0.620. The minimum Gasteiger partial charge on any atom is -0.498 e. The van der Waals surface area contributed by atoms with Crippen molar-refractivity contribution < 1.29 is 9.53 Å². The third-order valence-electron chi connectivity index (χ3n) is 5.80. The third kappa shape index (κ3) is 4.64. The van der Waals surface area contributed by atoms with E-state index in [2.05, 4.69) is 44.0 Å². The van der Waals surface area contributed by atoms with Crippen LogP contribution in [0.1, 0.15) is 79.8 Å². The molecule has 29 heavy (non-hydrogen) atoms. The molecule has 0 radical (unpaired) electrons. The van der Waals surface area contributed by atoms with Crippen molar-refractivity contribution in [3.8, 4) is 0 Å². The molecular formula is C25H32N2O2. The predicted molar refractivity (Wildman–Crippen MR) is 121 cm³/mol. The van der Waals surface area contributed by atoms with Gasteiger partial charge in [0.1, 0.15) is 0 Å². The number of nitrogens with one attached hydrogen (secondary N) is 1. The molecule has 0 saturated heterocycles. The SMILES string of the molecule is C=CNc1c(C(N)=O)ccc(C2=C\C3=C(CCC/C=C\2)OCCC3)c1C(C)CC. The average molecular weight is 393 g/mol. The van der Waals surface area contributed by atoms with Crippen molar-refractivity contribution in [2.75, 3.05) is 11.9 Å². The molecule has 0 spiro atoms. The summed E-state index contributed by atoms with van der Waals surface area (Å²) in [5.41, 5.74) is 11.6. The lowest BCUT2D eigenvalue weighted by molar-refractivity contribution is 0.100. The van der Waals surface area contributed by atoms with Gasteiger partial charge < -0.3 is 15.8 Å². The minimum absolute atomic E-state index is 0.254. The molecule has 1 unspecified atom stereocenters. The van der Waals surface area contributed by atoms with Crippen molar-refractivity contribution in [2.24, 2.45) is 5.73 Å². The second-order valence-electron chi connectivity index (χ2n) is 7.77. The largest absolute Gasteiger partial charge is 0.498 e. The van der Waals surface area contributed by atoms with Crippen molar-refractivity contribution in [3.05, 3.63) is 71.2 Å². The van der Waals surface area contributed by atoms with E-state index in [0.717, 1.165) is 73.3 Å². The zero-order valence-corrected chi connectivity index (χ0v) is 17.6. The molecule has 1 aromatic carbocycles. The van der Waals surface area contributed by atoms with Crippen LogP contribution >= 0.6 is 0 Å². The Hall–Kier alpha value is -2.75. The predicted octanol–water partition coefficient (Wildman–Crippen LogP) is 6.04. The Balaban J connectivity index is 2.24. The van der Waals surface area contributed by atoms with Gasteiger partial charge in [-0.15, -0.1) is 0 Å². The highest BCUT2D eigenvalue weighted by Crippen LogP contribution is 2.39. The lowest BCUT2D eigenvalue weighted by Crippen LogP contribution is -2.16. The van der Waals surface area contributed by atoms with Crippen molar-refractivity contribution in [2.45, 2.75) is 58.3 Å². The molecule has 1 atom stereocenters. The summed E-state index contributed by atoms with van der Waals surface area (Å²) in [6.07, 6.45) is 14.5. The number of hydrogen-bond acceptors (Lipinski definition) is 3. The zero-order chi connectivity index (χ0) is 20.8. The van der Waals surface area contributed by atoms with Crippen LogP contribution in [0.15, 0.2) is 54.5 Å². The maximum atomic E-state index is 12.1. The van der Waals surface area contributed by atoms with E-state index in [9.17, 15) is 4.79 Å². The van der Waals surface area contributed by atoms with Gasteiger partial charge in [0.15, 0.2) is 0 Å². The van der Waals surface area contributed by atoms with Crippen LogP contribution in [-0.2, 0) is 4.74 Å². The molecule has 3 rings (SSSR count). The molecular weight excluding hydrogens is 360 g/mol. The van der Waals surface area contributed by atoms with E-state index in [-0.39, 0.29) is 5.92 Å². The fraction of sp³-hybridized carbons (Fsp3) is 0.400. The van der Waals surface area contributed by atoms with Crippen molar-refractivity contribution in [3.63, 3.8) is 0 Å². The summed E-state index contributed by atoms with van der Waals surface area (Å²) in [5, 5.41) is 3.19. The van der Waals surface area contributed by atoms with E-state index in [1.54, 1.807) is 6.20 Å². The highest BCUT2D eigenvalue weighted by molar-refractivity contribution is 6.01. The van der Waals surface area contributed by atoms with Gasteiger partial charge in [0.25, 0.3) is 5.91 Å². The smallest absolute Gasteiger partial charge is 0.250 e. The summed E-state index contributed by atoms with van der Waals surface area (Å²) in [6.45, 7) is 8.96. The summed E-state index contributed by atoms with van der Waals surface area (Å²) in [4.78, 5) is 12.1. The van der Waals surface area contributed by atoms with Gasteiger partial charge in [-0.1, -0.05) is 38.6 Å². The Bertz CT molecular complexity index is 877. The summed E-state index contributed by atoms with van der Waals surface area (Å²) in [6, 6.07) is 3.86. The van der Waals surface area contributed by atoms with E-state index in [0.29, 0.717) is 5.56 Å². The summed E-state index contributed by atoms with van der Waals surface area (Å²) in [5.74, 6) is 0.959. The molecule has 1 aliphatic heterocycles. The first-order valence-corrected chi connectivity index (χ1v) is 10.6. The van der Waals surface area contributed by atoms with Crippen LogP contribution in [0.3, 0.4) is 0 Å². The maximum Gasteiger partial charge on any atom is 0.250 e. The number of primary amides is 1. The third-order valence-corrected chi connectivity index (χ3v) is 5.80. The summed E-state index contributed by atoms with van der Waals surface area (Å²) in [7, 11) is 0. The van der Waals surface area contributed by atoms with Crippen molar-refractivity contribution in [1.29, 1.82) is 0 Å². The molecule has 2 aliphatic rings. The van der Waals surface area contributed by atoms with E-state index in [4.69, 9.17) is 10.5 Å². The standard InChI is InChI=1S/C25H32N2O2/c1-4-17(3)23-20(13-14-21(25(26)28)24(23)27-5-2)18-10-7-6-8-12-22-19(16-18)11-9-15-29-22/h5,7,10,13-14,16-17,27H,2,4,6,8-9,11-12,15H2,1,3H3,(H2,26,28)/b10-7-,18-16-. The number of hydrogen-bond donors (Lipinski definition) is 2. The Kier molecular flexibility index (Phi) is 6.97. The van der Waals surface area contributed by atoms with E-state index in [1.165, 1.54) is 5.57 Å². The van der Waals surface area contributed by atoms with Gasteiger partial charge in [-0.3, -0.25) is 4.79 Å².